The fraction of sp³-hybridized carbons (Fsp3) is 0.538. The van der Waals surface area contributed by atoms with Gasteiger partial charge in [0.1, 0.15) is 30.8 Å². The summed E-state index contributed by atoms with van der Waals surface area (Å²) in [7, 11) is 1.63. The molecular weight excluding hydrogens is 218 g/mol. The van der Waals surface area contributed by atoms with Crippen molar-refractivity contribution >= 4 is 0 Å². The first kappa shape index (κ1) is 13.8. The minimum atomic E-state index is -0.427. The van der Waals surface area contributed by atoms with Gasteiger partial charge in [-0.1, -0.05) is 6.92 Å². The summed E-state index contributed by atoms with van der Waals surface area (Å²) >= 11 is 0. The average molecular weight is 240 g/mol. The van der Waals surface area contributed by atoms with Crippen LogP contribution in [-0.4, -0.2) is 38.0 Å². The van der Waals surface area contributed by atoms with Crippen molar-refractivity contribution in [2.24, 2.45) is 0 Å². The van der Waals surface area contributed by atoms with Crippen molar-refractivity contribution < 1.29 is 19.9 Å². The van der Waals surface area contributed by atoms with E-state index in [9.17, 15) is 5.11 Å². The number of methoxy groups -OCH3 is 1. The van der Waals surface area contributed by atoms with Crippen molar-refractivity contribution in [3.63, 3.8) is 0 Å². The van der Waals surface area contributed by atoms with Gasteiger partial charge in [-0.25, -0.2) is 0 Å². The molecule has 0 aromatic heterocycles. The smallest absolute Gasteiger partial charge is 0.137 e. The second-order valence-corrected chi connectivity index (χ2v) is 3.95. The summed E-state index contributed by atoms with van der Waals surface area (Å²) in [6.07, 6.45) is 0.690. The Kier molecular flexibility index (Phi) is 6.43. The van der Waals surface area contributed by atoms with Crippen LogP contribution in [0.4, 0.5) is 0 Å². The molecule has 1 aromatic carbocycles. The Morgan fingerprint density at radius 3 is 2.47 bits per heavy atom. The van der Waals surface area contributed by atoms with Gasteiger partial charge < -0.3 is 19.9 Å². The number of aliphatic hydroxyl groups is 1. The summed E-state index contributed by atoms with van der Waals surface area (Å²) in [6.45, 7) is 4.17. The lowest BCUT2D eigenvalue weighted by molar-refractivity contribution is -0.661. The van der Waals surface area contributed by atoms with E-state index in [0.717, 1.165) is 24.5 Å². The lowest BCUT2D eigenvalue weighted by atomic mass is 10.3. The summed E-state index contributed by atoms with van der Waals surface area (Å²) < 4.78 is 10.5. The van der Waals surface area contributed by atoms with E-state index in [1.807, 2.05) is 24.3 Å². The van der Waals surface area contributed by atoms with E-state index in [1.54, 1.807) is 7.11 Å². The molecule has 0 bridgehead atoms. The number of nitrogens with two attached hydrogens (primary N) is 1. The van der Waals surface area contributed by atoms with Crippen molar-refractivity contribution in [1.29, 1.82) is 0 Å². The molecule has 0 aliphatic rings. The number of aliphatic hydroxyl groups excluding tert-OH is 1. The number of hydrogen-bond donors (Lipinski definition) is 2. The highest BCUT2D eigenvalue weighted by atomic mass is 16.5. The van der Waals surface area contributed by atoms with Gasteiger partial charge in [0.05, 0.1) is 13.7 Å². The van der Waals surface area contributed by atoms with Gasteiger partial charge in [-0.05, 0) is 30.7 Å². The van der Waals surface area contributed by atoms with Crippen molar-refractivity contribution in [3.05, 3.63) is 24.3 Å². The monoisotopic (exact) mass is 240 g/mol. The van der Waals surface area contributed by atoms with Crippen LogP contribution in [0.25, 0.3) is 0 Å². The molecule has 1 rings (SSSR count). The van der Waals surface area contributed by atoms with Crippen LogP contribution in [0, 0.1) is 0 Å². The summed E-state index contributed by atoms with van der Waals surface area (Å²) in [5, 5.41) is 11.8. The van der Waals surface area contributed by atoms with Crippen LogP contribution in [0.3, 0.4) is 0 Å². The van der Waals surface area contributed by atoms with Gasteiger partial charge in [0.15, 0.2) is 0 Å². The molecule has 1 aromatic rings. The molecular formula is C13H22NO3+. The molecule has 4 nitrogen and oxygen atoms in total. The number of benzene rings is 1. The van der Waals surface area contributed by atoms with Crippen molar-refractivity contribution in [1.82, 2.24) is 0 Å². The molecule has 1 atom stereocenters. The first-order valence-electron chi connectivity index (χ1n) is 6.02. The van der Waals surface area contributed by atoms with E-state index >= 15 is 0 Å². The van der Waals surface area contributed by atoms with Crippen LogP contribution in [0.2, 0.25) is 0 Å². The van der Waals surface area contributed by atoms with Crippen LogP contribution in [0.15, 0.2) is 24.3 Å². The molecule has 4 heteroatoms. The molecule has 3 N–H and O–H groups in total. The maximum atomic E-state index is 9.66. The maximum Gasteiger partial charge on any atom is 0.137 e. The summed E-state index contributed by atoms with van der Waals surface area (Å²) in [5.41, 5.74) is 0. The Balaban J connectivity index is 2.24. The van der Waals surface area contributed by atoms with E-state index < -0.39 is 6.10 Å². The molecule has 0 heterocycles. The first-order chi connectivity index (χ1) is 8.26. The van der Waals surface area contributed by atoms with Gasteiger partial charge in [-0.3, -0.25) is 0 Å². The zero-order valence-electron chi connectivity index (χ0n) is 10.6. The van der Waals surface area contributed by atoms with Crippen LogP contribution in [-0.2, 0) is 0 Å². The van der Waals surface area contributed by atoms with Crippen molar-refractivity contribution in [3.8, 4) is 11.5 Å². The predicted octanol–water partition coefficient (Wildman–Crippen LogP) is 0.408. The van der Waals surface area contributed by atoms with Crippen LogP contribution in [0.1, 0.15) is 13.3 Å². The Morgan fingerprint density at radius 1 is 1.24 bits per heavy atom. The normalized spacial score (nSPS) is 12.2. The van der Waals surface area contributed by atoms with Crippen LogP contribution in [0.5, 0.6) is 11.5 Å². The fourth-order valence-corrected chi connectivity index (χ4v) is 1.45. The third kappa shape index (κ3) is 5.56. The summed E-state index contributed by atoms with van der Waals surface area (Å²) in [6, 6.07) is 7.35. The van der Waals surface area contributed by atoms with Crippen molar-refractivity contribution in [2.75, 3.05) is 26.8 Å². The topological polar surface area (TPSA) is 55.3 Å². The van der Waals surface area contributed by atoms with Gasteiger partial charge >= 0.3 is 0 Å². The molecule has 0 saturated heterocycles. The fourth-order valence-electron chi connectivity index (χ4n) is 1.45. The van der Waals surface area contributed by atoms with Gasteiger partial charge in [0.2, 0.25) is 0 Å². The number of quaternary nitrogens is 1. The third-order valence-electron chi connectivity index (χ3n) is 2.43. The Morgan fingerprint density at radius 2 is 1.88 bits per heavy atom. The lowest BCUT2D eigenvalue weighted by Crippen LogP contribution is -2.86. The standard InChI is InChI=1S/C13H21NO3/c1-3-8-14-9-11(15)10-17-13-6-4-12(16-2)5-7-13/h4-7,11,14-15H,3,8-10H2,1-2H3/p+1/t11-/m0/s1. The summed E-state index contributed by atoms with van der Waals surface area (Å²) in [5.74, 6) is 1.55. The quantitative estimate of drug-likeness (QED) is 0.647. The summed E-state index contributed by atoms with van der Waals surface area (Å²) in [4.78, 5) is 0. The molecule has 0 fully saturated rings. The zero-order valence-corrected chi connectivity index (χ0v) is 10.6. The highest BCUT2D eigenvalue weighted by Gasteiger charge is 2.06. The second-order valence-electron chi connectivity index (χ2n) is 3.95. The number of ether oxygens (including phenoxy) is 2. The molecule has 0 unspecified atom stereocenters. The Bertz CT molecular complexity index is 300. The zero-order chi connectivity index (χ0) is 12.5. The van der Waals surface area contributed by atoms with Gasteiger partial charge in [-0.15, -0.1) is 0 Å². The van der Waals surface area contributed by atoms with Gasteiger partial charge in [0, 0.05) is 0 Å². The molecule has 0 aliphatic heterocycles. The van der Waals surface area contributed by atoms with E-state index in [-0.39, 0.29) is 0 Å². The average Bonchev–Trinajstić information content (AvgIpc) is 2.37. The number of hydrogen-bond acceptors (Lipinski definition) is 3. The Labute approximate surface area is 103 Å². The SMILES string of the molecule is CCC[NH2+]C[C@H](O)COc1ccc(OC)cc1. The minimum Gasteiger partial charge on any atom is -0.497 e. The van der Waals surface area contributed by atoms with Gasteiger partial charge in [-0.2, -0.15) is 0 Å². The highest BCUT2D eigenvalue weighted by Crippen LogP contribution is 2.16. The molecule has 17 heavy (non-hydrogen) atoms. The second kappa shape index (κ2) is 7.92. The number of rotatable bonds is 8. The predicted molar refractivity (Wildman–Crippen MR) is 66.4 cm³/mol. The molecule has 0 radical (unpaired) electrons. The van der Waals surface area contributed by atoms with Gasteiger partial charge in [0.25, 0.3) is 0 Å². The molecule has 96 valence electrons. The molecule has 0 spiro atoms. The third-order valence-corrected chi connectivity index (χ3v) is 2.43. The first-order valence-corrected chi connectivity index (χ1v) is 6.02. The molecule has 0 aliphatic carbocycles. The van der Waals surface area contributed by atoms with E-state index in [0.29, 0.717) is 13.2 Å². The molecule has 0 amide bonds. The van der Waals surface area contributed by atoms with Crippen molar-refractivity contribution in [2.45, 2.75) is 19.4 Å². The Hall–Kier alpha value is -1.26. The van der Waals surface area contributed by atoms with Crippen LogP contribution < -0.4 is 14.8 Å². The van der Waals surface area contributed by atoms with E-state index in [2.05, 4.69) is 12.2 Å². The largest absolute Gasteiger partial charge is 0.497 e. The maximum absolute atomic E-state index is 9.66. The van der Waals surface area contributed by atoms with E-state index in [4.69, 9.17) is 9.47 Å². The lowest BCUT2D eigenvalue weighted by Gasteiger charge is -2.11. The highest BCUT2D eigenvalue weighted by molar-refractivity contribution is 5.31. The minimum absolute atomic E-state index is 0.326. The van der Waals surface area contributed by atoms with E-state index in [1.165, 1.54) is 0 Å². The molecule has 0 saturated carbocycles. The van der Waals surface area contributed by atoms with Crippen LogP contribution >= 0.6 is 0 Å².